The van der Waals surface area contributed by atoms with Crippen molar-refractivity contribution < 1.29 is 14.3 Å². The molecule has 2 amide bonds. The second-order valence-corrected chi connectivity index (χ2v) is 8.71. The molecule has 29 heavy (non-hydrogen) atoms. The first-order valence-corrected chi connectivity index (χ1v) is 10.8. The van der Waals surface area contributed by atoms with Crippen molar-refractivity contribution >= 4 is 46.2 Å². The fourth-order valence-electron chi connectivity index (χ4n) is 3.12. The third-order valence-electron chi connectivity index (χ3n) is 4.84. The standard InChI is InChI=1S/C20H26N4O3S2/c1-22-9-11-23(12-10-22)21-18(25)7-4-8-24-19(26)17(29-20(24)28)14-15-5-3-6-16(13-15)27-2/h3,5-6,13-14H,4,7-12H2,1-2H3,(H,21,25). The van der Waals surface area contributed by atoms with Gasteiger partial charge >= 0.3 is 0 Å². The van der Waals surface area contributed by atoms with Crippen molar-refractivity contribution in [3.63, 3.8) is 0 Å². The van der Waals surface area contributed by atoms with Crippen molar-refractivity contribution in [3.05, 3.63) is 34.7 Å². The molecule has 2 saturated heterocycles. The molecule has 2 fully saturated rings. The Balaban J connectivity index is 1.48. The highest BCUT2D eigenvalue weighted by atomic mass is 32.2. The molecule has 9 heteroatoms. The van der Waals surface area contributed by atoms with Crippen LogP contribution >= 0.6 is 24.0 Å². The van der Waals surface area contributed by atoms with Gasteiger partial charge in [0, 0.05) is 39.1 Å². The van der Waals surface area contributed by atoms with Crippen LogP contribution in [0.15, 0.2) is 29.2 Å². The Morgan fingerprint density at radius 2 is 2.07 bits per heavy atom. The molecule has 1 aromatic carbocycles. The lowest BCUT2D eigenvalue weighted by atomic mass is 10.2. The van der Waals surface area contributed by atoms with E-state index in [2.05, 4.69) is 17.4 Å². The maximum atomic E-state index is 12.7. The number of carbonyl (C=O) groups is 2. The Morgan fingerprint density at radius 3 is 2.79 bits per heavy atom. The van der Waals surface area contributed by atoms with Crippen molar-refractivity contribution in [2.75, 3.05) is 46.9 Å². The molecule has 2 aliphatic rings. The number of carbonyl (C=O) groups excluding carboxylic acids is 2. The summed E-state index contributed by atoms with van der Waals surface area (Å²) in [6.07, 6.45) is 2.75. The third kappa shape index (κ3) is 6.02. The Labute approximate surface area is 181 Å². The summed E-state index contributed by atoms with van der Waals surface area (Å²) in [5, 5.41) is 1.96. The number of likely N-dealkylation sites (N-methyl/N-ethyl adjacent to an activating group) is 1. The Bertz CT molecular complexity index is 807. The van der Waals surface area contributed by atoms with E-state index in [0.717, 1.165) is 37.5 Å². The number of benzene rings is 1. The van der Waals surface area contributed by atoms with Gasteiger partial charge in [0.15, 0.2) is 0 Å². The number of ether oxygens (including phenoxy) is 1. The van der Waals surface area contributed by atoms with Crippen LogP contribution in [0.5, 0.6) is 5.75 Å². The lowest BCUT2D eigenvalue weighted by molar-refractivity contribution is -0.127. The summed E-state index contributed by atoms with van der Waals surface area (Å²) >= 11 is 6.66. The number of hydrogen-bond donors (Lipinski definition) is 1. The molecule has 0 atom stereocenters. The van der Waals surface area contributed by atoms with Gasteiger partial charge in [-0.15, -0.1) is 0 Å². The summed E-state index contributed by atoms with van der Waals surface area (Å²) in [6, 6.07) is 7.52. The van der Waals surface area contributed by atoms with Crippen LogP contribution in [0.4, 0.5) is 0 Å². The Hall–Kier alpha value is -1.94. The smallest absolute Gasteiger partial charge is 0.266 e. The summed E-state index contributed by atoms with van der Waals surface area (Å²) in [4.78, 5) is 29.3. The Kier molecular flexibility index (Phi) is 7.65. The van der Waals surface area contributed by atoms with Gasteiger partial charge in [-0.25, -0.2) is 5.01 Å². The van der Waals surface area contributed by atoms with Crippen molar-refractivity contribution in [1.29, 1.82) is 0 Å². The summed E-state index contributed by atoms with van der Waals surface area (Å²) < 4.78 is 5.75. The molecule has 1 N–H and O–H groups in total. The van der Waals surface area contributed by atoms with Gasteiger partial charge in [0.2, 0.25) is 5.91 Å². The topological polar surface area (TPSA) is 65.1 Å². The maximum Gasteiger partial charge on any atom is 0.266 e. The number of rotatable bonds is 7. The summed E-state index contributed by atoms with van der Waals surface area (Å²) in [5.41, 5.74) is 3.83. The monoisotopic (exact) mass is 434 g/mol. The van der Waals surface area contributed by atoms with Crippen molar-refractivity contribution in [1.82, 2.24) is 20.2 Å². The minimum atomic E-state index is -0.109. The number of hydrazine groups is 1. The number of hydrogen-bond acceptors (Lipinski definition) is 7. The Morgan fingerprint density at radius 1 is 1.31 bits per heavy atom. The second-order valence-electron chi connectivity index (χ2n) is 7.04. The highest BCUT2D eigenvalue weighted by Crippen LogP contribution is 2.33. The van der Waals surface area contributed by atoms with E-state index in [1.807, 2.05) is 35.4 Å². The van der Waals surface area contributed by atoms with Crippen LogP contribution < -0.4 is 10.2 Å². The van der Waals surface area contributed by atoms with E-state index in [4.69, 9.17) is 17.0 Å². The number of piperazine rings is 1. The second kappa shape index (κ2) is 10.2. The first-order valence-electron chi connectivity index (χ1n) is 9.58. The number of nitrogens with one attached hydrogen (secondary N) is 1. The largest absolute Gasteiger partial charge is 0.497 e. The fourth-order valence-corrected chi connectivity index (χ4v) is 4.43. The first kappa shape index (κ1) is 21.8. The molecule has 0 bridgehead atoms. The quantitative estimate of drug-likeness (QED) is 0.520. The van der Waals surface area contributed by atoms with E-state index in [1.165, 1.54) is 11.8 Å². The molecule has 2 aliphatic heterocycles. The average Bonchev–Trinajstić information content (AvgIpc) is 2.97. The highest BCUT2D eigenvalue weighted by molar-refractivity contribution is 8.26. The first-order chi connectivity index (χ1) is 14.0. The predicted octanol–water partition coefficient (Wildman–Crippen LogP) is 1.96. The minimum absolute atomic E-state index is 0.0214. The van der Waals surface area contributed by atoms with Crippen LogP contribution in [-0.2, 0) is 9.59 Å². The fraction of sp³-hybridized carbons (Fsp3) is 0.450. The van der Waals surface area contributed by atoms with Gasteiger partial charge < -0.3 is 9.64 Å². The van der Waals surface area contributed by atoms with Crippen molar-refractivity contribution in [2.45, 2.75) is 12.8 Å². The number of thioether (sulfide) groups is 1. The van der Waals surface area contributed by atoms with E-state index < -0.39 is 0 Å². The number of amides is 2. The van der Waals surface area contributed by atoms with E-state index >= 15 is 0 Å². The zero-order valence-corrected chi connectivity index (χ0v) is 18.4. The summed E-state index contributed by atoms with van der Waals surface area (Å²) in [5.74, 6) is 0.606. The van der Waals surface area contributed by atoms with Crippen molar-refractivity contribution in [3.8, 4) is 5.75 Å². The van der Waals surface area contributed by atoms with Gasteiger partial charge in [-0.3, -0.25) is 19.9 Å². The molecular weight excluding hydrogens is 408 g/mol. The maximum absolute atomic E-state index is 12.7. The molecule has 0 spiro atoms. The molecule has 7 nitrogen and oxygen atoms in total. The SMILES string of the molecule is COc1cccc(C=C2SC(=S)N(CCCC(=O)NN3CCN(C)CC3)C2=O)c1. The van der Waals surface area contributed by atoms with Crippen LogP contribution in [0.25, 0.3) is 6.08 Å². The molecule has 0 radical (unpaired) electrons. The molecule has 0 unspecified atom stereocenters. The normalized spacial score (nSPS) is 19.8. The third-order valence-corrected chi connectivity index (χ3v) is 6.21. The van der Waals surface area contributed by atoms with Crippen molar-refractivity contribution in [2.24, 2.45) is 0 Å². The molecular formula is C20H26N4O3S2. The molecule has 0 saturated carbocycles. The molecule has 156 valence electrons. The highest BCUT2D eigenvalue weighted by Gasteiger charge is 2.31. The van der Waals surface area contributed by atoms with Gasteiger partial charge in [-0.05, 0) is 37.2 Å². The van der Waals surface area contributed by atoms with Crippen LogP contribution in [0.3, 0.4) is 0 Å². The van der Waals surface area contributed by atoms with Crippen LogP contribution in [0.2, 0.25) is 0 Å². The lowest BCUT2D eigenvalue weighted by Crippen LogP contribution is -2.52. The summed E-state index contributed by atoms with van der Waals surface area (Å²) in [6.45, 7) is 3.97. The number of thiocarbonyl (C=S) groups is 1. The molecule has 0 aromatic heterocycles. The van der Waals surface area contributed by atoms with Gasteiger partial charge in [0.05, 0.1) is 12.0 Å². The zero-order chi connectivity index (χ0) is 20.8. The zero-order valence-electron chi connectivity index (χ0n) is 16.7. The van der Waals surface area contributed by atoms with Gasteiger partial charge in [0.25, 0.3) is 5.91 Å². The number of nitrogens with zero attached hydrogens (tertiary/aromatic N) is 3. The number of methoxy groups -OCH3 is 1. The van der Waals surface area contributed by atoms with E-state index in [1.54, 1.807) is 12.0 Å². The average molecular weight is 435 g/mol. The van der Waals surface area contributed by atoms with Crippen LogP contribution in [-0.4, -0.2) is 77.8 Å². The summed E-state index contributed by atoms with van der Waals surface area (Å²) in [7, 11) is 3.68. The van der Waals surface area contributed by atoms with Crippen LogP contribution in [0, 0.1) is 0 Å². The van der Waals surface area contributed by atoms with E-state index in [9.17, 15) is 9.59 Å². The molecule has 3 rings (SSSR count). The molecule has 0 aliphatic carbocycles. The van der Waals surface area contributed by atoms with Gasteiger partial charge in [-0.2, -0.15) is 0 Å². The minimum Gasteiger partial charge on any atom is -0.497 e. The van der Waals surface area contributed by atoms with Gasteiger partial charge in [0.1, 0.15) is 10.1 Å². The van der Waals surface area contributed by atoms with Crippen LogP contribution in [0.1, 0.15) is 18.4 Å². The van der Waals surface area contributed by atoms with Gasteiger partial charge in [-0.1, -0.05) is 36.1 Å². The predicted molar refractivity (Wildman–Crippen MR) is 119 cm³/mol. The molecule has 1 aromatic rings. The van der Waals surface area contributed by atoms with E-state index in [-0.39, 0.29) is 11.8 Å². The molecule has 2 heterocycles. The van der Waals surface area contributed by atoms with E-state index in [0.29, 0.717) is 28.6 Å². The lowest BCUT2D eigenvalue weighted by Gasteiger charge is -2.32.